The van der Waals surface area contributed by atoms with Gasteiger partial charge in [0.15, 0.2) is 0 Å². The van der Waals surface area contributed by atoms with E-state index < -0.39 is 0 Å². The molecule has 2 N–H and O–H groups in total. The van der Waals surface area contributed by atoms with Gasteiger partial charge < -0.3 is 9.72 Å². The number of carbonyl (C=O) groups excluding carboxylic acids is 1. The molecule has 0 bridgehead atoms. The predicted molar refractivity (Wildman–Crippen MR) is 107 cm³/mol. The molecule has 0 spiro atoms. The molecule has 4 aromatic rings. The topological polar surface area (TPSA) is 67.0 Å². The quantitative estimate of drug-likeness (QED) is 0.541. The Hall–Kier alpha value is -3.60. The van der Waals surface area contributed by atoms with E-state index in [4.69, 9.17) is 4.74 Å². The number of aromatic nitrogens is 2. The van der Waals surface area contributed by atoms with Crippen molar-refractivity contribution in [3.8, 4) is 17.0 Å². The van der Waals surface area contributed by atoms with Crippen LogP contribution in [0.15, 0.2) is 72.9 Å². The lowest BCUT2D eigenvalue weighted by atomic mass is 10.0. The Morgan fingerprint density at radius 1 is 1.04 bits per heavy atom. The molecule has 3 aromatic carbocycles. The number of amides is 1. The largest absolute Gasteiger partial charge is 0.488 e. The van der Waals surface area contributed by atoms with E-state index in [2.05, 4.69) is 27.4 Å². The molecule has 0 saturated carbocycles. The van der Waals surface area contributed by atoms with Crippen LogP contribution < -0.4 is 10.1 Å². The van der Waals surface area contributed by atoms with E-state index in [1.807, 2.05) is 54.6 Å². The molecular weight excluding hydrogens is 338 g/mol. The maximum Gasteiger partial charge on any atom is 0.223 e. The average Bonchev–Trinajstić information content (AvgIpc) is 3.14. The SMILES string of the molecule is CC(=O)Nc1ncc(-c2c(OCc3ccccc3)ccc3ccccc23)[nH]1. The molecule has 0 radical (unpaired) electrons. The van der Waals surface area contributed by atoms with Crippen LogP contribution in [0.1, 0.15) is 12.5 Å². The molecule has 5 nitrogen and oxygen atoms in total. The highest BCUT2D eigenvalue weighted by molar-refractivity contribution is 5.99. The zero-order chi connectivity index (χ0) is 18.6. The first kappa shape index (κ1) is 16.8. The summed E-state index contributed by atoms with van der Waals surface area (Å²) in [5, 5.41) is 4.84. The number of rotatable bonds is 5. The zero-order valence-corrected chi connectivity index (χ0v) is 14.9. The average molecular weight is 357 g/mol. The summed E-state index contributed by atoms with van der Waals surface area (Å²) < 4.78 is 6.14. The Morgan fingerprint density at radius 2 is 1.81 bits per heavy atom. The van der Waals surface area contributed by atoms with Crippen LogP contribution in [0.4, 0.5) is 5.95 Å². The molecule has 5 heteroatoms. The van der Waals surface area contributed by atoms with Crippen LogP contribution in [0.25, 0.3) is 22.0 Å². The van der Waals surface area contributed by atoms with Crippen LogP contribution in [0, 0.1) is 0 Å². The minimum atomic E-state index is -0.172. The molecule has 27 heavy (non-hydrogen) atoms. The third kappa shape index (κ3) is 3.67. The third-order valence-electron chi connectivity index (χ3n) is 4.27. The number of hydrogen-bond donors (Lipinski definition) is 2. The van der Waals surface area contributed by atoms with E-state index in [0.717, 1.165) is 33.3 Å². The maximum absolute atomic E-state index is 11.3. The summed E-state index contributed by atoms with van der Waals surface area (Å²) in [6, 6.07) is 22.2. The van der Waals surface area contributed by atoms with E-state index in [1.54, 1.807) is 6.20 Å². The second-order valence-electron chi connectivity index (χ2n) is 6.26. The van der Waals surface area contributed by atoms with Crippen LogP contribution in [0.3, 0.4) is 0 Å². The molecule has 0 atom stereocenters. The summed E-state index contributed by atoms with van der Waals surface area (Å²) in [6.07, 6.45) is 1.71. The highest BCUT2D eigenvalue weighted by Crippen LogP contribution is 2.37. The first-order valence-corrected chi connectivity index (χ1v) is 8.72. The number of aromatic amines is 1. The number of anilines is 1. The van der Waals surface area contributed by atoms with E-state index in [9.17, 15) is 4.79 Å². The normalized spacial score (nSPS) is 10.7. The van der Waals surface area contributed by atoms with Crippen molar-refractivity contribution in [2.75, 3.05) is 5.32 Å². The van der Waals surface area contributed by atoms with Crippen molar-refractivity contribution in [3.05, 3.63) is 78.5 Å². The summed E-state index contributed by atoms with van der Waals surface area (Å²) in [5.74, 6) is 1.00. The third-order valence-corrected chi connectivity index (χ3v) is 4.27. The van der Waals surface area contributed by atoms with Gasteiger partial charge in [-0.1, -0.05) is 60.7 Å². The number of hydrogen-bond acceptors (Lipinski definition) is 3. The van der Waals surface area contributed by atoms with Gasteiger partial charge in [-0.2, -0.15) is 0 Å². The minimum absolute atomic E-state index is 0.172. The molecule has 0 aliphatic carbocycles. The Kier molecular flexibility index (Phi) is 4.58. The highest BCUT2D eigenvalue weighted by atomic mass is 16.5. The highest BCUT2D eigenvalue weighted by Gasteiger charge is 2.14. The molecule has 4 rings (SSSR count). The van der Waals surface area contributed by atoms with Crippen LogP contribution in [-0.4, -0.2) is 15.9 Å². The molecule has 134 valence electrons. The lowest BCUT2D eigenvalue weighted by Crippen LogP contribution is -2.06. The van der Waals surface area contributed by atoms with Gasteiger partial charge in [0.25, 0.3) is 0 Å². The van der Waals surface area contributed by atoms with Gasteiger partial charge in [-0.15, -0.1) is 0 Å². The summed E-state index contributed by atoms with van der Waals surface area (Å²) in [6.45, 7) is 1.92. The van der Waals surface area contributed by atoms with Crippen molar-refractivity contribution < 1.29 is 9.53 Å². The van der Waals surface area contributed by atoms with Crippen LogP contribution in [0.5, 0.6) is 5.75 Å². The molecule has 1 heterocycles. The Bertz CT molecular complexity index is 1090. The summed E-state index contributed by atoms with van der Waals surface area (Å²) in [4.78, 5) is 18.7. The fourth-order valence-electron chi connectivity index (χ4n) is 3.06. The minimum Gasteiger partial charge on any atom is -0.488 e. The molecular formula is C22H19N3O2. The van der Waals surface area contributed by atoms with Crippen molar-refractivity contribution in [1.29, 1.82) is 0 Å². The fourth-order valence-corrected chi connectivity index (χ4v) is 3.06. The van der Waals surface area contributed by atoms with Gasteiger partial charge in [0.05, 0.1) is 11.9 Å². The van der Waals surface area contributed by atoms with Gasteiger partial charge in [-0.25, -0.2) is 4.98 Å². The number of H-pyrrole nitrogens is 1. The standard InChI is InChI=1S/C22H19N3O2/c1-15(26)24-22-23-13-19(25-22)21-18-10-6-5-9-17(18)11-12-20(21)27-14-16-7-3-2-4-8-16/h2-13H,14H2,1H3,(H2,23,24,25,26). The molecule has 0 unspecified atom stereocenters. The van der Waals surface area contributed by atoms with Crippen molar-refractivity contribution in [2.45, 2.75) is 13.5 Å². The van der Waals surface area contributed by atoms with Gasteiger partial charge in [-0.05, 0) is 22.4 Å². The number of nitrogens with one attached hydrogen (secondary N) is 2. The number of benzene rings is 3. The number of nitrogens with zero attached hydrogens (tertiary/aromatic N) is 1. The van der Waals surface area contributed by atoms with Crippen molar-refractivity contribution in [2.24, 2.45) is 0 Å². The van der Waals surface area contributed by atoms with Gasteiger partial charge in [0.2, 0.25) is 11.9 Å². The van der Waals surface area contributed by atoms with Crippen LogP contribution in [0.2, 0.25) is 0 Å². The first-order chi connectivity index (χ1) is 13.2. The van der Waals surface area contributed by atoms with Crippen LogP contribution in [-0.2, 0) is 11.4 Å². The van der Waals surface area contributed by atoms with E-state index >= 15 is 0 Å². The molecule has 0 aliphatic rings. The predicted octanol–water partition coefficient (Wildman–Crippen LogP) is 4.77. The van der Waals surface area contributed by atoms with E-state index in [1.165, 1.54) is 6.92 Å². The number of carbonyl (C=O) groups is 1. The fraction of sp³-hybridized carbons (Fsp3) is 0.0909. The monoisotopic (exact) mass is 357 g/mol. The molecule has 0 saturated heterocycles. The Balaban J connectivity index is 1.76. The second-order valence-corrected chi connectivity index (χ2v) is 6.26. The smallest absolute Gasteiger partial charge is 0.223 e. The number of imidazole rings is 1. The number of fused-ring (bicyclic) bond motifs is 1. The summed E-state index contributed by atoms with van der Waals surface area (Å²) in [5.41, 5.74) is 2.81. The van der Waals surface area contributed by atoms with Crippen LogP contribution >= 0.6 is 0 Å². The van der Waals surface area contributed by atoms with Crippen molar-refractivity contribution >= 4 is 22.6 Å². The molecule has 0 aliphatic heterocycles. The van der Waals surface area contributed by atoms with Crippen molar-refractivity contribution in [3.63, 3.8) is 0 Å². The molecule has 0 fully saturated rings. The van der Waals surface area contributed by atoms with Gasteiger partial charge in [-0.3, -0.25) is 10.1 Å². The molecule has 1 aromatic heterocycles. The Labute approximate surface area is 157 Å². The van der Waals surface area contributed by atoms with Gasteiger partial charge in [0.1, 0.15) is 12.4 Å². The van der Waals surface area contributed by atoms with E-state index in [0.29, 0.717) is 12.6 Å². The van der Waals surface area contributed by atoms with Gasteiger partial charge >= 0.3 is 0 Å². The zero-order valence-electron chi connectivity index (χ0n) is 14.9. The lowest BCUT2D eigenvalue weighted by molar-refractivity contribution is -0.114. The lowest BCUT2D eigenvalue weighted by Gasteiger charge is -2.13. The maximum atomic E-state index is 11.3. The summed E-state index contributed by atoms with van der Waals surface area (Å²) >= 11 is 0. The van der Waals surface area contributed by atoms with E-state index in [-0.39, 0.29) is 5.91 Å². The molecule has 1 amide bonds. The van der Waals surface area contributed by atoms with Crippen molar-refractivity contribution in [1.82, 2.24) is 9.97 Å². The number of ether oxygens (including phenoxy) is 1. The Morgan fingerprint density at radius 3 is 2.63 bits per heavy atom. The second kappa shape index (κ2) is 7.33. The first-order valence-electron chi connectivity index (χ1n) is 8.72. The van der Waals surface area contributed by atoms with Gasteiger partial charge in [0, 0.05) is 12.5 Å². The summed E-state index contributed by atoms with van der Waals surface area (Å²) in [7, 11) is 0.